The molecule has 0 amide bonds. The van der Waals surface area contributed by atoms with E-state index in [2.05, 4.69) is 25.7 Å². The van der Waals surface area contributed by atoms with Gasteiger partial charge < -0.3 is 4.79 Å². The summed E-state index contributed by atoms with van der Waals surface area (Å²) in [6, 6.07) is 0.646. The zero-order valence-corrected chi connectivity index (χ0v) is 12.3. The second-order valence-electron chi connectivity index (χ2n) is 7.01. The Bertz CT molecular complexity index is 291. The fraction of sp³-hybridized carbons (Fsp3) is 0.938. The molecule has 1 heterocycles. The number of rotatable bonds is 3. The van der Waals surface area contributed by atoms with E-state index < -0.39 is 0 Å². The molecule has 2 rings (SSSR count). The highest BCUT2D eigenvalue weighted by Gasteiger charge is 2.38. The quantitative estimate of drug-likeness (QED) is 0.716. The molecule has 0 bridgehead atoms. The lowest BCUT2D eigenvalue weighted by molar-refractivity contribution is -0.121. The van der Waals surface area contributed by atoms with Crippen LogP contribution >= 0.6 is 0 Å². The molecule has 2 heteroatoms. The minimum Gasteiger partial charge on any atom is -0.303 e. The largest absolute Gasteiger partial charge is 0.303 e. The molecule has 1 aliphatic carbocycles. The number of likely N-dealkylation sites (tertiary alicyclic amines) is 1. The molecule has 1 saturated carbocycles. The second kappa shape index (κ2) is 5.73. The van der Waals surface area contributed by atoms with Crippen LogP contribution in [0.15, 0.2) is 0 Å². The van der Waals surface area contributed by atoms with Gasteiger partial charge >= 0.3 is 0 Å². The number of hydrogen-bond donors (Lipinski definition) is 0. The SMILES string of the molecule is CC1CCCC(C=O)(CN2CCCC(C)C2C)C1. The van der Waals surface area contributed by atoms with Crippen molar-refractivity contribution in [2.45, 2.75) is 65.3 Å². The van der Waals surface area contributed by atoms with Crippen molar-refractivity contribution < 1.29 is 4.79 Å². The summed E-state index contributed by atoms with van der Waals surface area (Å²) in [7, 11) is 0. The number of carbonyl (C=O) groups is 1. The zero-order valence-electron chi connectivity index (χ0n) is 12.3. The van der Waals surface area contributed by atoms with Crippen LogP contribution in [0.4, 0.5) is 0 Å². The summed E-state index contributed by atoms with van der Waals surface area (Å²) >= 11 is 0. The number of aldehydes is 1. The molecule has 104 valence electrons. The van der Waals surface area contributed by atoms with Crippen LogP contribution in [0.3, 0.4) is 0 Å². The summed E-state index contributed by atoms with van der Waals surface area (Å²) in [5.41, 5.74) is -0.0387. The zero-order chi connectivity index (χ0) is 13.2. The molecule has 4 atom stereocenters. The first kappa shape index (κ1) is 14.0. The van der Waals surface area contributed by atoms with Gasteiger partial charge in [0.15, 0.2) is 0 Å². The highest BCUT2D eigenvalue weighted by Crippen LogP contribution is 2.39. The van der Waals surface area contributed by atoms with E-state index in [4.69, 9.17) is 0 Å². The summed E-state index contributed by atoms with van der Waals surface area (Å²) in [4.78, 5) is 14.2. The Morgan fingerprint density at radius 2 is 2.00 bits per heavy atom. The first-order valence-electron chi connectivity index (χ1n) is 7.77. The van der Waals surface area contributed by atoms with Gasteiger partial charge in [-0.2, -0.15) is 0 Å². The van der Waals surface area contributed by atoms with Crippen LogP contribution in [-0.4, -0.2) is 30.3 Å². The van der Waals surface area contributed by atoms with Crippen LogP contribution in [-0.2, 0) is 4.79 Å². The fourth-order valence-electron chi connectivity index (χ4n) is 4.04. The fourth-order valence-corrected chi connectivity index (χ4v) is 4.04. The van der Waals surface area contributed by atoms with Gasteiger partial charge in [0, 0.05) is 18.0 Å². The van der Waals surface area contributed by atoms with Crippen molar-refractivity contribution in [3.63, 3.8) is 0 Å². The Labute approximate surface area is 112 Å². The summed E-state index contributed by atoms with van der Waals surface area (Å²) in [5, 5.41) is 0. The van der Waals surface area contributed by atoms with Gasteiger partial charge in [-0.05, 0) is 51.0 Å². The van der Waals surface area contributed by atoms with Gasteiger partial charge in [0.25, 0.3) is 0 Å². The number of carbonyl (C=O) groups excluding carboxylic acids is 1. The molecule has 1 saturated heterocycles. The Morgan fingerprint density at radius 3 is 2.67 bits per heavy atom. The highest BCUT2D eigenvalue weighted by molar-refractivity contribution is 5.60. The van der Waals surface area contributed by atoms with Crippen LogP contribution in [0.25, 0.3) is 0 Å². The molecule has 0 radical (unpaired) electrons. The second-order valence-corrected chi connectivity index (χ2v) is 7.01. The van der Waals surface area contributed by atoms with Crippen LogP contribution in [0.5, 0.6) is 0 Å². The van der Waals surface area contributed by atoms with Crippen molar-refractivity contribution >= 4 is 6.29 Å². The minimum absolute atomic E-state index is 0.0387. The van der Waals surface area contributed by atoms with Crippen molar-refractivity contribution in [3.8, 4) is 0 Å². The van der Waals surface area contributed by atoms with Gasteiger partial charge in [-0.1, -0.05) is 26.7 Å². The molecular formula is C16H29NO. The Morgan fingerprint density at radius 1 is 1.22 bits per heavy atom. The van der Waals surface area contributed by atoms with E-state index in [9.17, 15) is 4.79 Å². The first-order chi connectivity index (χ1) is 8.56. The lowest BCUT2D eigenvalue weighted by Gasteiger charge is -2.45. The Kier molecular flexibility index (Phi) is 4.47. The molecule has 0 aromatic carbocycles. The number of hydrogen-bond acceptors (Lipinski definition) is 2. The van der Waals surface area contributed by atoms with Crippen molar-refractivity contribution in [3.05, 3.63) is 0 Å². The minimum atomic E-state index is -0.0387. The predicted molar refractivity (Wildman–Crippen MR) is 75.6 cm³/mol. The van der Waals surface area contributed by atoms with Crippen molar-refractivity contribution in [1.82, 2.24) is 4.90 Å². The van der Waals surface area contributed by atoms with Gasteiger partial charge in [0.2, 0.25) is 0 Å². The number of nitrogens with zero attached hydrogens (tertiary/aromatic N) is 1. The van der Waals surface area contributed by atoms with E-state index in [-0.39, 0.29) is 5.41 Å². The van der Waals surface area contributed by atoms with Crippen LogP contribution in [0.2, 0.25) is 0 Å². The molecule has 0 aromatic heterocycles. The van der Waals surface area contributed by atoms with E-state index in [1.807, 2.05) is 0 Å². The number of piperidine rings is 1. The van der Waals surface area contributed by atoms with Gasteiger partial charge in [-0.15, -0.1) is 0 Å². The molecule has 0 spiro atoms. The molecule has 2 aliphatic rings. The maximum absolute atomic E-state index is 11.7. The average Bonchev–Trinajstić information content (AvgIpc) is 2.35. The normalized spacial score (nSPS) is 42.7. The topological polar surface area (TPSA) is 20.3 Å². The molecule has 18 heavy (non-hydrogen) atoms. The molecular weight excluding hydrogens is 222 g/mol. The first-order valence-corrected chi connectivity index (χ1v) is 7.77. The summed E-state index contributed by atoms with van der Waals surface area (Å²) < 4.78 is 0. The molecule has 0 N–H and O–H groups in total. The van der Waals surface area contributed by atoms with Crippen molar-refractivity contribution in [2.75, 3.05) is 13.1 Å². The van der Waals surface area contributed by atoms with Crippen molar-refractivity contribution in [1.29, 1.82) is 0 Å². The third-order valence-electron chi connectivity index (χ3n) is 5.40. The van der Waals surface area contributed by atoms with E-state index in [1.54, 1.807) is 0 Å². The van der Waals surface area contributed by atoms with Crippen molar-refractivity contribution in [2.24, 2.45) is 17.3 Å². The third kappa shape index (κ3) is 2.96. The Balaban J connectivity index is 2.03. The third-order valence-corrected chi connectivity index (χ3v) is 5.40. The summed E-state index contributed by atoms with van der Waals surface area (Å²) in [6.45, 7) is 9.20. The van der Waals surface area contributed by atoms with Crippen LogP contribution < -0.4 is 0 Å². The average molecular weight is 251 g/mol. The molecule has 0 aromatic rings. The van der Waals surface area contributed by atoms with E-state index >= 15 is 0 Å². The smallest absolute Gasteiger partial charge is 0.127 e. The predicted octanol–water partition coefficient (Wildman–Crippen LogP) is 3.50. The van der Waals surface area contributed by atoms with Gasteiger partial charge in [-0.25, -0.2) is 0 Å². The molecule has 1 aliphatic heterocycles. The van der Waals surface area contributed by atoms with E-state index in [0.717, 1.165) is 31.2 Å². The molecule has 2 nitrogen and oxygen atoms in total. The summed E-state index contributed by atoms with van der Waals surface area (Å²) in [5.74, 6) is 1.50. The molecule has 4 unspecified atom stereocenters. The van der Waals surface area contributed by atoms with Gasteiger partial charge in [-0.3, -0.25) is 4.90 Å². The van der Waals surface area contributed by atoms with Crippen LogP contribution in [0.1, 0.15) is 59.3 Å². The monoisotopic (exact) mass is 251 g/mol. The molecule has 2 fully saturated rings. The summed E-state index contributed by atoms with van der Waals surface area (Å²) in [6.07, 6.45) is 8.69. The van der Waals surface area contributed by atoms with E-state index in [1.165, 1.54) is 38.5 Å². The van der Waals surface area contributed by atoms with Crippen LogP contribution in [0, 0.1) is 17.3 Å². The maximum Gasteiger partial charge on any atom is 0.127 e. The van der Waals surface area contributed by atoms with Gasteiger partial charge in [0.05, 0.1) is 0 Å². The lowest BCUT2D eigenvalue weighted by Crippen LogP contribution is -2.49. The highest BCUT2D eigenvalue weighted by atomic mass is 16.1. The lowest BCUT2D eigenvalue weighted by atomic mass is 9.70. The Hall–Kier alpha value is -0.370. The standard InChI is InChI=1S/C16H29NO/c1-13-6-4-8-16(10-13,12-18)11-17-9-5-7-14(2)15(17)3/h12-15H,4-11H2,1-3H3. The maximum atomic E-state index is 11.7. The van der Waals surface area contributed by atoms with Gasteiger partial charge in [0.1, 0.15) is 6.29 Å². The van der Waals surface area contributed by atoms with E-state index in [0.29, 0.717) is 6.04 Å².